The number of hydrogen-bond acceptors (Lipinski definition) is 4. The quantitative estimate of drug-likeness (QED) is 0.935. The van der Waals surface area contributed by atoms with Crippen LogP contribution in [0.4, 0.5) is 5.13 Å². The van der Waals surface area contributed by atoms with Crippen LogP contribution >= 0.6 is 11.3 Å². The average Bonchev–Trinajstić information content (AvgIpc) is 2.97. The zero-order valence-electron chi connectivity index (χ0n) is 13.2. The maximum Gasteiger partial charge on any atom is 0.231 e. The molecule has 3 rings (SSSR count). The maximum absolute atomic E-state index is 12.5. The minimum absolute atomic E-state index is 0.0296. The fourth-order valence-corrected chi connectivity index (χ4v) is 3.79. The van der Waals surface area contributed by atoms with Gasteiger partial charge in [-0.15, -0.1) is 0 Å². The molecule has 0 spiro atoms. The van der Waals surface area contributed by atoms with Crippen molar-refractivity contribution < 1.29 is 9.59 Å². The van der Waals surface area contributed by atoms with Crippen LogP contribution < -0.4 is 5.32 Å². The molecule has 0 radical (unpaired) electrons. The molecule has 1 aliphatic heterocycles. The number of nitrogens with zero attached hydrogens (tertiary/aromatic N) is 2. The van der Waals surface area contributed by atoms with Gasteiger partial charge in [-0.2, -0.15) is 0 Å². The zero-order chi connectivity index (χ0) is 16.2. The summed E-state index contributed by atoms with van der Waals surface area (Å²) < 4.78 is 1.06. The number of aromatic nitrogens is 1. The highest BCUT2D eigenvalue weighted by Gasteiger charge is 2.28. The van der Waals surface area contributed by atoms with Crippen LogP contribution in [0.2, 0.25) is 0 Å². The summed E-state index contributed by atoms with van der Waals surface area (Å²) in [6, 6.07) is 7.83. The second kappa shape index (κ2) is 7.08. The molecule has 2 heterocycles. The molecular formula is C17H21N3O2S. The number of anilines is 1. The van der Waals surface area contributed by atoms with Gasteiger partial charge in [0.15, 0.2) is 5.13 Å². The van der Waals surface area contributed by atoms with Crippen molar-refractivity contribution in [3.05, 3.63) is 24.3 Å². The van der Waals surface area contributed by atoms with Gasteiger partial charge in [-0.1, -0.05) is 30.4 Å². The highest BCUT2D eigenvalue weighted by Crippen LogP contribution is 2.26. The second-order valence-electron chi connectivity index (χ2n) is 5.90. The van der Waals surface area contributed by atoms with E-state index in [2.05, 4.69) is 10.3 Å². The summed E-state index contributed by atoms with van der Waals surface area (Å²) in [4.78, 5) is 30.8. The van der Waals surface area contributed by atoms with Crippen LogP contribution in [-0.4, -0.2) is 34.8 Å². The largest absolute Gasteiger partial charge is 0.342 e. The van der Waals surface area contributed by atoms with Gasteiger partial charge >= 0.3 is 0 Å². The van der Waals surface area contributed by atoms with Gasteiger partial charge in [-0.05, 0) is 31.4 Å². The summed E-state index contributed by atoms with van der Waals surface area (Å²) in [7, 11) is 0. The summed E-state index contributed by atoms with van der Waals surface area (Å²) in [5, 5.41) is 3.56. The maximum atomic E-state index is 12.5. The molecule has 1 aromatic carbocycles. The van der Waals surface area contributed by atoms with Crippen molar-refractivity contribution >= 4 is 38.5 Å². The smallest absolute Gasteiger partial charge is 0.231 e. The van der Waals surface area contributed by atoms with Crippen LogP contribution in [0.25, 0.3) is 10.2 Å². The molecule has 6 heteroatoms. The first kappa shape index (κ1) is 15.9. The Kier molecular flexibility index (Phi) is 4.91. The lowest BCUT2D eigenvalue weighted by molar-refractivity contribution is -0.134. The number of carbonyl (C=O) groups is 2. The molecule has 1 aliphatic rings. The monoisotopic (exact) mass is 331 g/mol. The average molecular weight is 331 g/mol. The molecule has 2 amide bonds. The molecular weight excluding hydrogens is 310 g/mol. The van der Waals surface area contributed by atoms with Crippen molar-refractivity contribution in [1.82, 2.24) is 9.88 Å². The third-order valence-corrected chi connectivity index (χ3v) is 5.08. The number of piperidine rings is 1. The van der Waals surface area contributed by atoms with Gasteiger partial charge in [0.05, 0.1) is 16.1 Å². The molecule has 0 bridgehead atoms. The standard InChI is InChI=1S/C17H21N3O2S/c1-2-6-15(21)20-10-5-7-12(11-20)16(22)19-17-18-13-8-3-4-9-14(13)23-17/h3-4,8-9,12H,2,5-7,10-11H2,1H3,(H,18,19,22). The minimum atomic E-state index is -0.142. The van der Waals surface area contributed by atoms with E-state index in [1.54, 1.807) is 0 Å². The fourth-order valence-electron chi connectivity index (χ4n) is 2.92. The number of nitrogens with one attached hydrogen (secondary N) is 1. The van der Waals surface area contributed by atoms with Crippen LogP contribution in [0.1, 0.15) is 32.6 Å². The van der Waals surface area contributed by atoms with E-state index in [9.17, 15) is 9.59 Å². The van der Waals surface area contributed by atoms with Gasteiger partial charge in [0.2, 0.25) is 11.8 Å². The molecule has 122 valence electrons. The summed E-state index contributed by atoms with van der Waals surface area (Å²) in [5.41, 5.74) is 0.899. The van der Waals surface area contributed by atoms with Gasteiger partial charge in [0.25, 0.3) is 0 Å². The third-order valence-electron chi connectivity index (χ3n) is 4.13. The molecule has 5 nitrogen and oxygen atoms in total. The van der Waals surface area contributed by atoms with Crippen molar-refractivity contribution in [3.8, 4) is 0 Å². The molecule has 2 aromatic rings. The SMILES string of the molecule is CCCC(=O)N1CCCC(C(=O)Nc2nc3ccccc3s2)C1. The summed E-state index contributed by atoms with van der Waals surface area (Å²) >= 11 is 1.48. The van der Waals surface area contributed by atoms with Crippen LogP contribution in [0.3, 0.4) is 0 Å². The summed E-state index contributed by atoms with van der Waals surface area (Å²) in [5.74, 6) is -0.0142. The van der Waals surface area contributed by atoms with E-state index in [1.807, 2.05) is 36.1 Å². The predicted molar refractivity (Wildman–Crippen MR) is 92.5 cm³/mol. The van der Waals surface area contributed by atoms with Crippen molar-refractivity contribution in [3.63, 3.8) is 0 Å². The Bertz CT molecular complexity index is 680. The Labute approximate surface area is 139 Å². The molecule has 1 N–H and O–H groups in total. The number of para-hydroxylation sites is 1. The molecule has 1 fully saturated rings. The van der Waals surface area contributed by atoms with E-state index in [0.29, 0.717) is 18.1 Å². The highest BCUT2D eigenvalue weighted by molar-refractivity contribution is 7.22. The van der Waals surface area contributed by atoms with E-state index in [0.717, 1.165) is 36.0 Å². The van der Waals surface area contributed by atoms with Gasteiger partial charge in [-0.3, -0.25) is 9.59 Å². The van der Waals surface area contributed by atoms with Gasteiger partial charge in [0.1, 0.15) is 0 Å². The van der Waals surface area contributed by atoms with Crippen molar-refractivity contribution in [2.75, 3.05) is 18.4 Å². The lowest BCUT2D eigenvalue weighted by Gasteiger charge is -2.31. The Morgan fingerprint density at radius 1 is 1.39 bits per heavy atom. The number of amides is 2. The topological polar surface area (TPSA) is 62.3 Å². The molecule has 0 aliphatic carbocycles. The Morgan fingerprint density at radius 3 is 3.00 bits per heavy atom. The first-order valence-electron chi connectivity index (χ1n) is 8.11. The molecule has 1 atom stereocenters. The molecule has 0 saturated carbocycles. The zero-order valence-corrected chi connectivity index (χ0v) is 14.1. The summed E-state index contributed by atoms with van der Waals surface area (Å²) in [6.45, 7) is 3.29. The number of carbonyl (C=O) groups excluding carboxylic acids is 2. The predicted octanol–water partition coefficient (Wildman–Crippen LogP) is 3.27. The van der Waals surface area contributed by atoms with Crippen LogP contribution in [0, 0.1) is 5.92 Å². The minimum Gasteiger partial charge on any atom is -0.342 e. The normalized spacial score (nSPS) is 18.1. The van der Waals surface area contributed by atoms with E-state index < -0.39 is 0 Å². The van der Waals surface area contributed by atoms with Crippen LogP contribution in [0.5, 0.6) is 0 Å². The lowest BCUT2D eigenvalue weighted by Crippen LogP contribution is -2.43. The fraction of sp³-hybridized carbons (Fsp3) is 0.471. The van der Waals surface area contributed by atoms with E-state index in [4.69, 9.17) is 0 Å². The van der Waals surface area contributed by atoms with Crippen LogP contribution in [-0.2, 0) is 9.59 Å². The first-order chi connectivity index (χ1) is 11.2. The Morgan fingerprint density at radius 2 is 2.22 bits per heavy atom. The van der Waals surface area contributed by atoms with Crippen molar-refractivity contribution in [1.29, 1.82) is 0 Å². The molecule has 23 heavy (non-hydrogen) atoms. The number of benzene rings is 1. The van der Waals surface area contributed by atoms with Gasteiger partial charge in [-0.25, -0.2) is 4.98 Å². The Balaban J connectivity index is 1.64. The van der Waals surface area contributed by atoms with E-state index in [1.165, 1.54) is 11.3 Å². The summed E-state index contributed by atoms with van der Waals surface area (Å²) in [6.07, 6.45) is 3.12. The molecule has 1 unspecified atom stereocenters. The third kappa shape index (κ3) is 3.69. The van der Waals surface area contributed by atoms with Gasteiger partial charge in [0, 0.05) is 19.5 Å². The number of rotatable bonds is 4. The Hall–Kier alpha value is -1.95. The number of thiazole rings is 1. The first-order valence-corrected chi connectivity index (χ1v) is 8.93. The number of hydrogen-bond donors (Lipinski definition) is 1. The van der Waals surface area contributed by atoms with E-state index >= 15 is 0 Å². The van der Waals surface area contributed by atoms with E-state index in [-0.39, 0.29) is 17.7 Å². The van der Waals surface area contributed by atoms with Gasteiger partial charge < -0.3 is 10.2 Å². The number of likely N-dealkylation sites (tertiary alicyclic amines) is 1. The highest BCUT2D eigenvalue weighted by atomic mass is 32.1. The molecule has 1 aromatic heterocycles. The van der Waals surface area contributed by atoms with Crippen LogP contribution in [0.15, 0.2) is 24.3 Å². The van der Waals surface area contributed by atoms with Crippen molar-refractivity contribution in [2.45, 2.75) is 32.6 Å². The van der Waals surface area contributed by atoms with Crippen molar-refractivity contribution in [2.24, 2.45) is 5.92 Å². The number of fused-ring (bicyclic) bond motifs is 1. The molecule has 1 saturated heterocycles. The second-order valence-corrected chi connectivity index (χ2v) is 6.94. The lowest BCUT2D eigenvalue weighted by atomic mass is 9.97.